The van der Waals surface area contributed by atoms with Crippen molar-refractivity contribution in [3.05, 3.63) is 83.0 Å². The molecule has 5 nitrogen and oxygen atoms in total. The molecule has 3 aromatic carbocycles. The highest BCUT2D eigenvalue weighted by molar-refractivity contribution is 6.06. The Bertz CT molecular complexity index is 1350. The maximum absolute atomic E-state index is 13.1. The minimum absolute atomic E-state index is 0.0536. The van der Waals surface area contributed by atoms with Crippen molar-refractivity contribution in [1.29, 1.82) is 0 Å². The molecule has 0 radical (unpaired) electrons. The Kier molecular flexibility index (Phi) is 3.36. The molecule has 0 spiro atoms. The Morgan fingerprint density at radius 1 is 0.889 bits per heavy atom. The van der Waals surface area contributed by atoms with Crippen LogP contribution in [0.5, 0.6) is 0 Å². The van der Waals surface area contributed by atoms with Crippen LogP contribution in [0.4, 0.5) is 4.39 Å². The van der Waals surface area contributed by atoms with Crippen molar-refractivity contribution >= 4 is 21.7 Å². The zero-order valence-electron chi connectivity index (χ0n) is 13.8. The number of nitrogens with zero attached hydrogens (tertiary/aromatic N) is 2. The van der Waals surface area contributed by atoms with Gasteiger partial charge in [-0.3, -0.25) is 0 Å². The van der Waals surface area contributed by atoms with Crippen molar-refractivity contribution in [3.8, 4) is 22.8 Å². The van der Waals surface area contributed by atoms with Crippen molar-refractivity contribution in [3.63, 3.8) is 0 Å². The van der Waals surface area contributed by atoms with Gasteiger partial charge in [-0.25, -0.2) is 9.18 Å². The molecule has 2 aromatic heterocycles. The fraction of sp³-hybridized carbons (Fsp3) is 0. The zero-order chi connectivity index (χ0) is 18.4. The molecular weight excluding hydrogens is 347 g/mol. The molecule has 0 fully saturated rings. The summed E-state index contributed by atoms with van der Waals surface area (Å²) in [7, 11) is 0. The molecule has 0 unspecified atom stereocenters. The van der Waals surface area contributed by atoms with Crippen LogP contribution in [0.1, 0.15) is 0 Å². The summed E-state index contributed by atoms with van der Waals surface area (Å²) < 4.78 is 23.8. The Hall–Kier alpha value is -3.80. The van der Waals surface area contributed by atoms with Gasteiger partial charge in [0.15, 0.2) is 0 Å². The van der Waals surface area contributed by atoms with Gasteiger partial charge in [-0.05, 0) is 47.2 Å². The third kappa shape index (κ3) is 2.58. The second-order valence-corrected chi connectivity index (χ2v) is 6.08. The summed E-state index contributed by atoms with van der Waals surface area (Å²) in [5.41, 5.74) is 0.689. The van der Waals surface area contributed by atoms with E-state index in [2.05, 4.69) is 10.1 Å². The van der Waals surface area contributed by atoms with Gasteiger partial charge in [0, 0.05) is 10.9 Å². The van der Waals surface area contributed by atoms with E-state index in [0.717, 1.165) is 16.2 Å². The summed E-state index contributed by atoms with van der Waals surface area (Å²) in [5, 5.41) is 6.66. The molecule has 27 heavy (non-hydrogen) atoms. The number of fused-ring (bicyclic) bond motifs is 3. The van der Waals surface area contributed by atoms with E-state index in [1.807, 2.05) is 30.3 Å². The van der Waals surface area contributed by atoms with Gasteiger partial charge < -0.3 is 8.94 Å². The molecule has 0 atom stereocenters. The number of benzene rings is 3. The first-order valence-electron chi connectivity index (χ1n) is 8.25. The molecule has 0 aliphatic carbocycles. The van der Waals surface area contributed by atoms with Crippen LogP contribution < -0.4 is 5.63 Å². The fourth-order valence-corrected chi connectivity index (χ4v) is 3.07. The highest BCUT2D eigenvalue weighted by Crippen LogP contribution is 2.28. The molecule has 5 rings (SSSR count). The van der Waals surface area contributed by atoms with Gasteiger partial charge in [0.25, 0.3) is 5.89 Å². The molecule has 130 valence electrons. The first-order chi connectivity index (χ1) is 13.2. The molecule has 0 N–H and O–H groups in total. The van der Waals surface area contributed by atoms with Gasteiger partial charge >= 0.3 is 5.63 Å². The molecule has 6 heteroatoms. The first kappa shape index (κ1) is 15.5. The molecule has 0 saturated carbocycles. The topological polar surface area (TPSA) is 69.1 Å². The fourth-order valence-electron chi connectivity index (χ4n) is 3.07. The Labute approximate surface area is 151 Å². The second-order valence-electron chi connectivity index (χ2n) is 6.08. The van der Waals surface area contributed by atoms with E-state index in [9.17, 15) is 9.18 Å². The largest absolute Gasteiger partial charge is 0.422 e. The summed E-state index contributed by atoms with van der Waals surface area (Å²) in [4.78, 5) is 16.7. The Morgan fingerprint density at radius 2 is 1.70 bits per heavy atom. The van der Waals surface area contributed by atoms with Crippen molar-refractivity contribution in [2.45, 2.75) is 0 Å². The minimum Gasteiger partial charge on any atom is -0.422 e. The van der Waals surface area contributed by atoms with Crippen LogP contribution in [0.3, 0.4) is 0 Å². The molecule has 2 heterocycles. The van der Waals surface area contributed by atoms with E-state index in [-0.39, 0.29) is 23.1 Å². The summed E-state index contributed by atoms with van der Waals surface area (Å²) >= 11 is 0. The smallest absolute Gasteiger partial charge is 0.349 e. The minimum atomic E-state index is -0.563. The lowest BCUT2D eigenvalue weighted by molar-refractivity contribution is 0.429. The standard InChI is InChI=1S/C21H11FN2O3/c22-14-8-5-13(6-9-14)19-23-20(27-24-19)17-11-16-15-4-2-1-3-12(15)7-10-18(16)26-21(17)25/h1-11H. The average Bonchev–Trinajstić information content (AvgIpc) is 3.17. The lowest BCUT2D eigenvalue weighted by Gasteiger charge is -2.03. The number of hydrogen-bond acceptors (Lipinski definition) is 5. The summed E-state index contributed by atoms with van der Waals surface area (Å²) in [5.74, 6) is -0.0372. The zero-order valence-corrected chi connectivity index (χ0v) is 13.8. The monoisotopic (exact) mass is 358 g/mol. The van der Waals surface area contributed by atoms with Crippen molar-refractivity contribution in [2.75, 3.05) is 0 Å². The summed E-state index contributed by atoms with van der Waals surface area (Å²) in [6, 6.07) is 18.9. The SMILES string of the molecule is O=c1oc2ccc3ccccc3c2cc1-c1nc(-c2ccc(F)cc2)no1. The number of halogens is 1. The maximum atomic E-state index is 13.1. The van der Waals surface area contributed by atoms with E-state index in [4.69, 9.17) is 8.94 Å². The van der Waals surface area contributed by atoms with Crippen LogP contribution >= 0.6 is 0 Å². The van der Waals surface area contributed by atoms with E-state index >= 15 is 0 Å². The third-order valence-corrected chi connectivity index (χ3v) is 4.40. The van der Waals surface area contributed by atoms with Crippen LogP contribution in [-0.4, -0.2) is 10.1 Å². The second kappa shape index (κ2) is 5.88. The van der Waals surface area contributed by atoms with Crippen LogP contribution in [0, 0.1) is 5.82 Å². The Balaban J connectivity index is 1.69. The predicted molar refractivity (Wildman–Crippen MR) is 98.7 cm³/mol. The van der Waals surface area contributed by atoms with Gasteiger partial charge in [-0.2, -0.15) is 4.98 Å². The van der Waals surface area contributed by atoms with E-state index in [0.29, 0.717) is 11.1 Å². The molecule has 0 amide bonds. The van der Waals surface area contributed by atoms with Crippen LogP contribution in [0.2, 0.25) is 0 Å². The molecule has 0 saturated heterocycles. The first-order valence-corrected chi connectivity index (χ1v) is 8.25. The Morgan fingerprint density at radius 3 is 2.56 bits per heavy atom. The van der Waals surface area contributed by atoms with E-state index < -0.39 is 5.63 Å². The van der Waals surface area contributed by atoms with E-state index in [1.165, 1.54) is 12.1 Å². The highest BCUT2D eigenvalue weighted by atomic mass is 19.1. The molecular formula is C21H11FN2O3. The van der Waals surface area contributed by atoms with Gasteiger partial charge in [-0.15, -0.1) is 0 Å². The van der Waals surface area contributed by atoms with Crippen molar-refractivity contribution in [2.24, 2.45) is 0 Å². The normalized spacial score (nSPS) is 11.3. The third-order valence-electron chi connectivity index (χ3n) is 4.40. The molecule has 0 aliphatic heterocycles. The van der Waals surface area contributed by atoms with Crippen LogP contribution in [0.15, 0.2) is 80.5 Å². The van der Waals surface area contributed by atoms with Gasteiger partial charge in [0.1, 0.15) is 17.0 Å². The van der Waals surface area contributed by atoms with Gasteiger partial charge in [0.05, 0.1) is 0 Å². The number of hydrogen-bond donors (Lipinski definition) is 0. The molecule has 0 bridgehead atoms. The molecule has 5 aromatic rings. The molecule has 0 aliphatic rings. The van der Waals surface area contributed by atoms with Crippen LogP contribution in [-0.2, 0) is 0 Å². The average molecular weight is 358 g/mol. The lowest BCUT2D eigenvalue weighted by Crippen LogP contribution is -2.03. The summed E-state index contributed by atoms with van der Waals surface area (Å²) in [6.07, 6.45) is 0. The number of aromatic nitrogens is 2. The number of rotatable bonds is 2. The van der Waals surface area contributed by atoms with Crippen LogP contribution in [0.25, 0.3) is 44.6 Å². The highest BCUT2D eigenvalue weighted by Gasteiger charge is 2.17. The van der Waals surface area contributed by atoms with Crippen molar-refractivity contribution < 1.29 is 13.3 Å². The van der Waals surface area contributed by atoms with Gasteiger partial charge in [0.2, 0.25) is 5.82 Å². The quantitative estimate of drug-likeness (QED) is 0.335. The van der Waals surface area contributed by atoms with Gasteiger partial charge in [-0.1, -0.05) is 35.5 Å². The lowest BCUT2D eigenvalue weighted by atomic mass is 10.0. The van der Waals surface area contributed by atoms with E-state index in [1.54, 1.807) is 24.3 Å². The van der Waals surface area contributed by atoms with Crippen molar-refractivity contribution in [1.82, 2.24) is 10.1 Å². The summed E-state index contributed by atoms with van der Waals surface area (Å²) in [6.45, 7) is 0. The maximum Gasteiger partial charge on any atom is 0.349 e. The predicted octanol–water partition coefficient (Wildman–Crippen LogP) is 4.80.